The Labute approximate surface area is 84.9 Å². The quantitative estimate of drug-likeness (QED) is 0.656. The summed E-state index contributed by atoms with van der Waals surface area (Å²) in [4.78, 5) is 24.4. The molecule has 0 aliphatic rings. The smallest absolute Gasteiger partial charge is 0.314 e. The third kappa shape index (κ3) is 3.36. The number of nitrogens with zero attached hydrogens (tertiary/aromatic N) is 1. The highest BCUT2D eigenvalue weighted by molar-refractivity contribution is 6.38. The number of primary amides is 1. The number of halogens is 2. The topological polar surface area (TPSA) is 85.1 Å². The first-order valence-corrected chi connectivity index (χ1v) is 3.32. The molecule has 0 aliphatic heterocycles. The van der Waals surface area contributed by atoms with Crippen molar-refractivity contribution >= 4 is 30.0 Å². The molecule has 2 amide bonds. The molecule has 7 heteroatoms. The molecule has 5 nitrogen and oxygen atoms in total. The number of hydrogen-bond acceptors (Lipinski definition) is 3. The lowest BCUT2D eigenvalue weighted by Crippen LogP contribution is -2.29. The fourth-order valence-electron chi connectivity index (χ4n) is 0.628. The zero-order valence-electron chi connectivity index (χ0n) is 6.86. The first-order valence-electron chi connectivity index (χ1n) is 3.32. The molecule has 0 saturated heterocycles. The van der Waals surface area contributed by atoms with Crippen LogP contribution in [0.1, 0.15) is 0 Å². The molecule has 1 aromatic rings. The van der Waals surface area contributed by atoms with Gasteiger partial charge < -0.3 is 11.1 Å². The van der Waals surface area contributed by atoms with Crippen molar-refractivity contribution in [2.24, 2.45) is 5.73 Å². The van der Waals surface area contributed by atoms with Crippen LogP contribution in [0.5, 0.6) is 0 Å². The summed E-state index contributed by atoms with van der Waals surface area (Å²) in [7, 11) is 0. The van der Waals surface area contributed by atoms with Crippen LogP contribution in [0.3, 0.4) is 0 Å². The van der Waals surface area contributed by atoms with E-state index in [0.29, 0.717) is 0 Å². The van der Waals surface area contributed by atoms with Gasteiger partial charge in [0.05, 0.1) is 6.20 Å². The molecule has 14 heavy (non-hydrogen) atoms. The van der Waals surface area contributed by atoms with Gasteiger partial charge in [-0.1, -0.05) is 0 Å². The van der Waals surface area contributed by atoms with Crippen molar-refractivity contribution in [2.45, 2.75) is 0 Å². The Morgan fingerprint density at radius 3 is 2.50 bits per heavy atom. The predicted octanol–water partition coefficient (Wildman–Crippen LogP) is 0.0663. The molecule has 0 spiro atoms. The molecule has 1 heterocycles. The van der Waals surface area contributed by atoms with Gasteiger partial charge >= 0.3 is 11.8 Å². The van der Waals surface area contributed by atoms with E-state index in [0.717, 1.165) is 12.3 Å². The molecule has 0 saturated carbocycles. The molecular weight excluding hydrogens is 213 g/mol. The van der Waals surface area contributed by atoms with E-state index >= 15 is 0 Å². The number of carbonyl (C=O) groups excluding carboxylic acids is 2. The van der Waals surface area contributed by atoms with Crippen LogP contribution in [0.4, 0.5) is 10.2 Å². The van der Waals surface area contributed by atoms with Crippen LogP contribution >= 0.6 is 12.4 Å². The van der Waals surface area contributed by atoms with Gasteiger partial charge in [0.2, 0.25) is 0 Å². The Morgan fingerprint density at radius 1 is 1.43 bits per heavy atom. The first kappa shape index (κ1) is 12.3. The third-order valence-electron chi connectivity index (χ3n) is 1.19. The molecule has 76 valence electrons. The van der Waals surface area contributed by atoms with E-state index in [-0.39, 0.29) is 18.2 Å². The largest absolute Gasteiger partial charge is 0.361 e. The number of pyridine rings is 1. The van der Waals surface area contributed by atoms with Gasteiger partial charge in [0.25, 0.3) is 0 Å². The van der Waals surface area contributed by atoms with Crippen molar-refractivity contribution in [2.75, 3.05) is 5.32 Å². The molecule has 0 aliphatic carbocycles. The summed E-state index contributed by atoms with van der Waals surface area (Å²) >= 11 is 0. The molecular formula is C7H7ClFN3O2. The number of hydrogen-bond donors (Lipinski definition) is 2. The Kier molecular flexibility index (Phi) is 4.51. The predicted molar refractivity (Wildman–Crippen MR) is 49.3 cm³/mol. The second-order valence-corrected chi connectivity index (χ2v) is 2.18. The minimum absolute atomic E-state index is 0. The highest BCUT2D eigenvalue weighted by atomic mass is 35.5. The van der Waals surface area contributed by atoms with Gasteiger partial charge in [-0.25, -0.2) is 9.37 Å². The van der Waals surface area contributed by atoms with Crippen molar-refractivity contribution in [3.63, 3.8) is 0 Å². The van der Waals surface area contributed by atoms with E-state index in [1.165, 1.54) is 6.07 Å². The molecule has 0 bridgehead atoms. The van der Waals surface area contributed by atoms with Gasteiger partial charge in [0.1, 0.15) is 11.6 Å². The zero-order chi connectivity index (χ0) is 9.84. The highest BCUT2D eigenvalue weighted by Crippen LogP contribution is 2.02. The lowest BCUT2D eigenvalue weighted by atomic mass is 10.4. The monoisotopic (exact) mass is 219 g/mol. The van der Waals surface area contributed by atoms with Crippen molar-refractivity contribution in [1.82, 2.24) is 4.98 Å². The van der Waals surface area contributed by atoms with Gasteiger partial charge in [0, 0.05) is 0 Å². The minimum Gasteiger partial charge on any atom is -0.361 e. The van der Waals surface area contributed by atoms with E-state index in [4.69, 9.17) is 0 Å². The second kappa shape index (κ2) is 5.13. The van der Waals surface area contributed by atoms with Crippen molar-refractivity contribution in [1.29, 1.82) is 0 Å². The Hall–Kier alpha value is -1.69. The van der Waals surface area contributed by atoms with E-state index in [9.17, 15) is 14.0 Å². The van der Waals surface area contributed by atoms with E-state index in [2.05, 4.69) is 16.0 Å². The van der Waals surface area contributed by atoms with Gasteiger partial charge in [-0.05, 0) is 12.1 Å². The highest BCUT2D eigenvalue weighted by Gasteiger charge is 2.08. The van der Waals surface area contributed by atoms with Crippen LogP contribution in [0, 0.1) is 5.82 Å². The molecule has 0 atom stereocenters. The summed E-state index contributed by atoms with van der Waals surface area (Å²) in [5.41, 5.74) is 4.66. The normalized spacial score (nSPS) is 8.64. The van der Waals surface area contributed by atoms with Crippen LogP contribution in [0.25, 0.3) is 0 Å². The van der Waals surface area contributed by atoms with Gasteiger partial charge in [0.15, 0.2) is 0 Å². The fourth-order valence-corrected chi connectivity index (χ4v) is 0.628. The van der Waals surface area contributed by atoms with Crippen LogP contribution in [-0.4, -0.2) is 16.8 Å². The molecule has 0 unspecified atom stereocenters. The van der Waals surface area contributed by atoms with Crippen molar-refractivity contribution in [3.05, 3.63) is 24.1 Å². The summed E-state index contributed by atoms with van der Waals surface area (Å²) in [5.74, 6) is -2.56. The minimum atomic E-state index is -1.12. The zero-order valence-corrected chi connectivity index (χ0v) is 7.68. The third-order valence-corrected chi connectivity index (χ3v) is 1.19. The molecule has 1 aromatic heterocycles. The van der Waals surface area contributed by atoms with Crippen molar-refractivity contribution in [3.8, 4) is 0 Å². The van der Waals surface area contributed by atoms with E-state index < -0.39 is 17.6 Å². The maximum absolute atomic E-state index is 12.3. The van der Waals surface area contributed by atoms with Crippen LogP contribution in [-0.2, 0) is 9.59 Å². The fraction of sp³-hybridized carbons (Fsp3) is 0. The number of rotatable bonds is 1. The van der Waals surface area contributed by atoms with Crippen LogP contribution < -0.4 is 11.1 Å². The number of nitrogens with one attached hydrogen (secondary N) is 1. The van der Waals surface area contributed by atoms with E-state index in [1.54, 1.807) is 0 Å². The number of nitrogens with two attached hydrogens (primary N) is 1. The summed E-state index contributed by atoms with van der Waals surface area (Å²) in [6, 6.07) is 2.32. The Bertz CT molecular complexity index is 341. The van der Waals surface area contributed by atoms with Gasteiger partial charge in [-0.3, -0.25) is 9.59 Å². The van der Waals surface area contributed by atoms with Crippen LogP contribution in [0.2, 0.25) is 0 Å². The molecule has 0 radical (unpaired) electrons. The SMILES string of the molecule is Cl.NC(=O)C(=O)Nc1ccc(F)cn1. The second-order valence-electron chi connectivity index (χ2n) is 2.18. The number of anilines is 1. The van der Waals surface area contributed by atoms with E-state index in [1.807, 2.05) is 0 Å². The number of aromatic nitrogens is 1. The Morgan fingerprint density at radius 2 is 2.07 bits per heavy atom. The van der Waals surface area contributed by atoms with Gasteiger partial charge in [-0.15, -0.1) is 12.4 Å². The molecule has 1 rings (SSSR count). The molecule has 0 aromatic carbocycles. The first-order chi connectivity index (χ1) is 6.09. The van der Waals surface area contributed by atoms with Crippen LogP contribution in [0.15, 0.2) is 18.3 Å². The number of amides is 2. The molecule has 3 N–H and O–H groups in total. The average Bonchev–Trinajstić information content (AvgIpc) is 2.08. The van der Waals surface area contributed by atoms with Crippen molar-refractivity contribution < 1.29 is 14.0 Å². The Balaban J connectivity index is 0.00000169. The van der Waals surface area contributed by atoms with Gasteiger partial charge in [-0.2, -0.15) is 0 Å². The maximum Gasteiger partial charge on any atom is 0.314 e. The summed E-state index contributed by atoms with van der Waals surface area (Å²) in [6.07, 6.45) is 0.913. The maximum atomic E-state index is 12.3. The lowest BCUT2D eigenvalue weighted by molar-refractivity contribution is -0.134. The molecule has 0 fully saturated rings. The average molecular weight is 220 g/mol. The standard InChI is InChI=1S/C7H6FN3O2.ClH/c8-4-1-2-5(10-3-4)11-7(13)6(9)12;/h1-3H,(H2,9,12)(H,10,11,13);1H. The summed E-state index contributed by atoms with van der Waals surface area (Å²) in [5, 5.41) is 2.08. The summed E-state index contributed by atoms with van der Waals surface area (Å²) in [6.45, 7) is 0. The summed E-state index contributed by atoms with van der Waals surface area (Å²) < 4.78 is 12.3. The lowest BCUT2D eigenvalue weighted by Gasteiger charge is -1.99. The number of carbonyl (C=O) groups is 2.